The summed E-state index contributed by atoms with van der Waals surface area (Å²) in [5.74, 6) is 1.56. The Bertz CT molecular complexity index is 1150. The third kappa shape index (κ3) is 3.48. The van der Waals surface area contributed by atoms with Gasteiger partial charge in [-0.25, -0.2) is 4.98 Å². The van der Waals surface area contributed by atoms with Crippen LogP contribution >= 0.6 is 0 Å². The molecule has 0 aliphatic carbocycles. The monoisotopic (exact) mass is 404 g/mol. The fraction of sp³-hybridized carbons (Fsp3) is 0.333. The second kappa shape index (κ2) is 7.95. The van der Waals surface area contributed by atoms with Crippen LogP contribution in [0.1, 0.15) is 27.9 Å². The second-order valence-corrected chi connectivity index (χ2v) is 7.93. The lowest BCUT2D eigenvalue weighted by atomic mass is 10.1. The fourth-order valence-electron chi connectivity index (χ4n) is 3.97. The maximum Gasteiger partial charge on any atom is 0.259 e. The molecule has 0 atom stereocenters. The first-order valence-electron chi connectivity index (χ1n) is 10.2. The molecule has 0 N–H and O–H groups in total. The Morgan fingerprint density at radius 1 is 0.967 bits per heavy atom. The lowest BCUT2D eigenvalue weighted by molar-refractivity contribution is 0.187. The molecule has 30 heavy (non-hydrogen) atoms. The molecule has 1 aromatic heterocycles. The fourth-order valence-corrected chi connectivity index (χ4v) is 3.97. The highest BCUT2D eigenvalue weighted by molar-refractivity contribution is 5.64. The number of methoxy groups -OCH3 is 1. The SMILES string of the molecule is COc1ccccc1CN1CN(c2cccc(C)c2C)c2nc(C)c(C)c(=O)n2C1. The van der Waals surface area contributed by atoms with E-state index in [1.54, 1.807) is 11.7 Å². The molecule has 0 bridgehead atoms. The lowest BCUT2D eigenvalue weighted by Gasteiger charge is -2.39. The number of rotatable bonds is 4. The highest BCUT2D eigenvalue weighted by atomic mass is 16.5. The molecule has 0 saturated carbocycles. The summed E-state index contributed by atoms with van der Waals surface area (Å²) in [4.78, 5) is 22.3. The molecule has 4 rings (SSSR count). The molecule has 0 unspecified atom stereocenters. The number of para-hydroxylation sites is 1. The van der Waals surface area contributed by atoms with Gasteiger partial charge in [0.25, 0.3) is 5.56 Å². The maximum atomic E-state index is 13.1. The van der Waals surface area contributed by atoms with Gasteiger partial charge in [0, 0.05) is 29.1 Å². The third-order valence-electron chi connectivity index (χ3n) is 6.00. The van der Waals surface area contributed by atoms with Crippen LogP contribution in [0.15, 0.2) is 47.3 Å². The van der Waals surface area contributed by atoms with Crippen LogP contribution in [-0.2, 0) is 13.2 Å². The largest absolute Gasteiger partial charge is 0.496 e. The molecule has 0 spiro atoms. The summed E-state index contributed by atoms with van der Waals surface area (Å²) >= 11 is 0. The number of ether oxygens (including phenoxy) is 1. The molecule has 0 radical (unpaired) electrons. The minimum atomic E-state index is 0.0116. The lowest BCUT2D eigenvalue weighted by Crippen LogP contribution is -2.47. The Morgan fingerprint density at radius 2 is 1.73 bits per heavy atom. The van der Waals surface area contributed by atoms with Gasteiger partial charge in [-0.3, -0.25) is 19.2 Å². The summed E-state index contributed by atoms with van der Waals surface area (Å²) < 4.78 is 7.32. The van der Waals surface area contributed by atoms with E-state index in [1.165, 1.54) is 11.1 Å². The van der Waals surface area contributed by atoms with Gasteiger partial charge >= 0.3 is 0 Å². The van der Waals surface area contributed by atoms with Crippen LogP contribution in [0.3, 0.4) is 0 Å². The Hall–Kier alpha value is -3.12. The van der Waals surface area contributed by atoms with E-state index < -0.39 is 0 Å². The van der Waals surface area contributed by atoms with Crippen molar-refractivity contribution in [2.75, 3.05) is 18.7 Å². The van der Waals surface area contributed by atoms with Crippen LogP contribution in [0.25, 0.3) is 0 Å². The summed E-state index contributed by atoms with van der Waals surface area (Å²) in [6.45, 7) is 9.77. The van der Waals surface area contributed by atoms with Crippen LogP contribution < -0.4 is 15.2 Å². The topological polar surface area (TPSA) is 50.6 Å². The average Bonchev–Trinajstić information content (AvgIpc) is 2.75. The average molecular weight is 405 g/mol. The standard InChI is InChI=1S/C24H28N4O2/c1-16-9-8-11-21(17(16)2)27-14-26(13-20-10-6-7-12-22(20)30-5)15-28-23(29)18(3)19(4)25-24(27)28/h6-12H,13-15H2,1-5H3. The minimum Gasteiger partial charge on any atom is -0.496 e. The van der Waals surface area contributed by atoms with Gasteiger partial charge in [0.15, 0.2) is 0 Å². The van der Waals surface area contributed by atoms with E-state index in [9.17, 15) is 4.79 Å². The number of anilines is 2. The van der Waals surface area contributed by atoms with E-state index in [2.05, 4.69) is 47.9 Å². The highest BCUT2D eigenvalue weighted by Gasteiger charge is 2.28. The van der Waals surface area contributed by atoms with Gasteiger partial charge in [0.05, 0.1) is 20.4 Å². The van der Waals surface area contributed by atoms with Gasteiger partial charge in [-0.1, -0.05) is 30.3 Å². The summed E-state index contributed by atoms with van der Waals surface area (Å²) in [6, 6.07) is 14.3. The minimum absolute atomic E-state index is 0.0116. The Kier molecular flexibility index (Phi) is 5.35. The van der Waals surface area contributed by atoms with Crippen molar-refractivity contribution < 1.29 is 4.74 Å². The van der Waals surface area contributed by atoms with E-state index in [0.717, 1.165) is 22.7 Å². The maximum absolute atomic E-state index is 13.1. The van der Waals surface area contributed by atoms with Crippen molar-refractivity contribution >= 4 is 11.6 Å². The third-order valence-corrected chi connectivity index (χ3v) is 6.00. The number of hydrogen-bond acceptors (Lipinski definition) is 5. The van der Waals surface area contributed by atoms with E-state index in [-0.39, 0.29) is 5.56 Å². The predicted octanol–water partition coefficient (Wildman–Crippen LogP) is 4.05. The van der Waals surface area contributed by atoms with Crippen LogP contribution in [0.4, 0.5) is 11.6 Å². The van der Waals surface area contributed by atoms with Crippen molar-refractivity contribution in [2.45, 2.75) is 40.9 Å². The summed E-state index contributed by atoms with van der Waals surface area (Å²) in [5, 5.41) is 0. The predicted molar refractivity (Wildman–Crippen MR) is 119 cm³/mol. The number of nitrogens with zero attached hydrogens (tertiary/aromatic N) is 4. The first-order valence-corrected chi connectivity index (χ1v) is 10.2. The summed E-state index contributed by atoms with van der Waals surface area (Å²) in [6.07, 6.45) is 0. The van der Waals surface area contributed by atoms with Gasteiger partial charge < -0.3 is 4.74 Å². The molecular weight excluding hydrogens is 376 g/mol. The Balaban J connectivity index is 1.82. The van der Waals surface area contributed by atoms with E-state index in [0.29, 0.717) is 31.4 Å². The molecule has 156 valence electrons. The van der Waals surface area contributed by atoms with E-state index in [4.69, 9.17) is 9.72 Å². The zero-order chi connectivity index (χ0) is 21.4. The van der Waals surface area contributed by atoms with Crippen molar-refractivity contribution in [1.29, 1.82) is 0 Å². The normalized spacial score (nSPS) is 14.0. The molecule has 6 heteroatoms. The van der Waals surface area contributed by atoms with Crippen LogP contribution in [0, 0.1) is 27.7 Å². The molecule has 1 aliphatic heterocycles. The number of hydrogen-bond donors (Lipinski definition) is 0. The molecule has 2 aromatic carbocycles. The number of benzene rings is 2. The zero-order valence-electron chi connectivity index (χ0n) is 18.3. The van der Waals surface area contributed by atoms with Crippen molar-refractivity contribution in [3.63, 3.8) is 0 Å². The quantitative estimate of drug-likeness (QED) is 0.657. The van der Waals surface area contributed by atoms with Gasteiger partial charge in [-0.15, -0.1) is 0 Å². The smallest absolute Gasteiger partial charge is 0.259 e. The van der Waals surface area contributed by atoms with Crippen molar-refractivity contribution in [3.8, 4) is 5.75 Å². The van der Waals surface area contributed by atoms with Gasteiger partial charge in [-0.2, -0.15) is 0 Å². The van der Waals surface area contributed by atoms with Gasteiger partial charge in [-0.05, 0) is 51.0 Å². The number of aromatic nitrogens is 2. The van der Waals surface area contributed by atoms with Gasteiger partial charge in [0.2, 0.25) is 5.95 Å². The Morgan fingerprint density at radius 3 is 2.50 bits per heavy atom. The molecule has 0 saturated heterocycles. The highest BCUT2D eigenvalue weighted by Crippen LogP contribution is 2.32. The van der Waals surface area contributed by atoms with Crippen molar-refractivity contribution in [3.05, 3.63) is 80.8 Å². The molecule has 0 amide bonds. The number of aryl methyl sites for hydroxylation is 2. The number of fused-ring (bicyclic) bond motifs is 1. The molecule has 2 heterocycles. The Labute approximate surface area is 177 Å². The van der Waals surface area contributed by atoms with Gasteiger partial charge in [0.1, 0.15) is 5.75 Å². The van der Waals surface area contributed by atoms with Crippen LogP contribution in [-0.4, -0.2) is 28.2 Å². The molecular formula is C24H28N4O2. The summed E-state index contributed by atoms with van der Waals surface area (Å²) in [7, 11) is 1.69. The molecule has 6 nitrogen and oxygen atoms in total. The molecule has 3 aromatic rings. The molecule has 0 fully saturated rings. The zero-order valence-corrected chi connectivity index (χ0v) is 18.3. The first-order chi connectivity index (χ1) is 14.4. The van der Waals surface area contributed by atoms with Crippen molar-refractivity contribution in [1.82, 2.24) is 14.5 Å². The molecule has 1 aliphatic rings. The summed E-state index contributed by atoms with van der Waals surface area (Å²) in [5.41, 5.74) is 6.05. The van der Waals surface area contributed by atoms with E-state index >= 15 is 0 Å². The first kappa shape index (κ1) is 20.2. The van der Waals surface area contributed by atoms with Crippen LogP contribution in [0.2, 0.25) is 0 Å². The van der Waals surface area contributed by atoms with Crippen molar-refractivity contribution in [2.24, 2.45) is 0 Å². The van der Waals surface area contributed by atoms with E-state index in [1.807, 2.05) is 32.0 Å². The van der Waals surface area contributed by atoms with Crippen LogP contribution in [0.5, 0.6) is 5.75 Å². The second-order valence-electron chi connectivity index (χ2n) is 7.93.